The molecule has 0 N–H and O–H groups in total. The van der Waals surface area contributed by atoms with Crippen LogP contribution in [0.25, 0.3) is 0 Å². The van der Waals surface area contributed by atoms with Crippen molar-refractivity contribution in [3.05, 3.63) is 97.6 Å². The molecule has 138 valence electrons. The van der Waals surface area contributed by atoms with E-state index in [2.05, 4.69) is 29.7 Å². The summed E-state index contributed by atoms with van der Waals surface area (Å²) in [6, 6.07) is 23.5. The van der Waals surface area contributed by atoms with Crippen LogP contribution >= 0.6 is 0 Å². The van der Waals surface area contributed by atoms with Gasteiger partial charge in [-0.1, -0.05) is 24.3 Å². The van der Waals surface area contributed by atoms with Crippen LogP contribution in [0.15, 0.2) is 97.6 Å². The summed E-state index contributed by atoms with van der Waals surface area (Å²) >= 11 is 0. The van der Waals surface area contributed by atoms with Crippen molar-refractivity contribution in [2.75, 3.05) is 22.9 Å². The highest BCUT2D eigenvalue weighted by molar-refractivity contribution is 5.58. The molecule has 0 aliphatic heterocycles. The van der Waals surface area contributed by atoms with Crippen LogP contribution in [0.3, 0.4) is 0 Å². The molecule has 4 aromatic heterocycles. The first-order chi connectivity index (χ1) is 13.9. The zero-order valence-electron chi connectivity index (χ0n) is 15.3. The summed E-state index contributed by atoms with van der Waals surface area (Å²) in [6.07, 6.45) is 7.17. The summed E-state index contributed by atoms with van der Waals surface area (Å²) in [6.45, 7) is 1.34. The van der Waals surface area contributed by atoms with Crippen molar-refractivity contribution < 1.29 is 0 Å². The SMILES string of the molecule is c1ccc(N(CCN(c2ccccn2)c2ccccn2)c2ccccn2)nc1. The van der Waals surface area contributed by atoms with Gasteiger partial charge in [-0.15, -0.1) is 0 Å². The Morgan fingerprint density at radius 2 is 0.714 bits per heavy atom. The lowest BCUT2D eigenvalue weighted by molar-refractivity contribution is 0.843. The number of hydrogen-bond donors (Lipinski definition) is 0. The average Bonchev–Trinajstić information content (AvgIpc) is 2.79. The monoisotopic (exact) mass is 368 g/mol. The van der Waals surface area contributed by atoms with Crippen LogP contribution in [0.1, 0.15) is 0 Å². The summed E-state index contributed by atoms with van der Waals surface area (Å²) in [4.78, 5) is 22.3. The van der Waals surface area contributed by atoms with Crippen molar-refractivity contribution in [3.8, 4) is 0 Å². The Bertz CT molecular complexity index is 803. The topological polar surface area (TPSA) is 58.0 Å². The molecule has 0 radical (unpaired) electrons. The number of aromatic nitrogens is 4. The van der Waals surface area contributed by atoms with Crippen molar-refractivity contribution in [2.45, 2.75) is 0 Å². The van der Waals surface area contributed by atoms with E-state index in [1.54, 1.807) is 24.8 Å². The van der Waals surface area contributed by atoms with Gasteiger partial charge in [0.15, 0.2) is 0 Å². The fourth-order valence-electron chi connectivity index (χ4n) is 2.95. The summed E-state index contributed by atoms with van der Waals surface area (Å²) in [7, 11) is 0. The molecule has 0 saturated heterocycles. The van der Waals surface area contributed by atoms with Crippen LogP contribution in [0, 0.1) is 0 Å². The molecule has 4 aromatic rings. The second-order valence-electron chi connectivity index (χ2n) is 6.06. The van der Waals surface area contributed by atoms with Crippen molar-refractivity contribution in [1.29, 1.82) is 0 Å². The Labute approximate surface area is 164 Å². The molecule has 0 spiro atoms. The normalized spacial score (nSPS) is 10.4. The Morgan fingerprint density at radius 1 is 0.429 bits per heavy atom. The molecule has 0 aromatic carbocycles. The maximum atomic E-state index is 4.52. The third kappa shape index (κ3) is 4.12. The van der Waals surface area contributed by atoms with E-state index in [1.807, 2.05) is 72.8 Å². The molecule has 0 amide bonds. The Morgan fingerprint density at radius 3 is 0.929 bits per heavy atom. The molecule has 6 heteroatoms. The van der Waals surface area contributed by atoms with Crippen LogP contribution < -0.4 is 9.80 Å². The second kappa shape index (κ2) is 8.73. The van der Waals surface area contributed by atoms with Gasteiger partial charge in [0.2, 0.25) is 0 Å². The molecular formula is C22H20N6. The predicted octanol–water partition coefficient (Wildman–Crippen LogP) is 4.24. The standard InChI is InChI=1S/C22H20N6/c1-5-13-23-19(9-1)27(20-10-2-6-14-24-20)17-18-28(21-11-3-7-15-25-21)22-12-4-8-16-26-22/h1-16H,17-18H2. The van der Waals surface area contributed by atoms with Gasteiger partial charge in [-0.2, -0.15) is 0 Å². The first kappa shape index (κ1) is 17.6. The van der Waals surface area contributed by atoms with E-state index in [0.717, 1.165) is 23.3 Å². The summed E-state index contributed by atoms with van der Waals surface area (Å²) in [5.74, 6) is 3.40. The molecule has 0 atom stereocenters. The van der Waals surface area contributed by atoms with Gasteiger partial charge in [-0.3, -0.25) is 0 Å². The summed E-state index contributed by atoms with van der Waals surface area (Å²) < 4.78 is 0. The quantitative estimate of drug-likeness (QED) is 0.486. The van der Waals surface area contributed by atoms with E-state index in [0.29, 0.717) is 13.1 Å². The van der Waals surface area contributed by atoms with E-state index in [9.17, 15) is 0 Å². The number of nitrogens with zero attached hydrogens (tertiary/aromatic N) is 6. The van der Waals surface area contributed by atoms with Gasteiger partial charge in [0, 0.05) is 37.9 Å². The van der Waals surface area contributed by atoms with Crippen molar-refractivity contribution in [2.24, 2.45) is 0 Å². The molecule has 4 rings (SSSR count). The smallest absolute Gasteiger partial charge is 0.134 e. The third-order valence-corrected chi connectivity index (χ3v) is 4.25. The molecular weight excluding hydrogens is 348 g/mol. The molecule has 0 aliphatic carbocycles. The van der Waals surface area contributed by atoms with Crippen LogP contribution in [0.4, 0.5) is 23.3 Å². The fraction of sp³-hybridized carbons (Fsp3) is 0.0909. The molecule has 0 unspecified atom stereocenters. The maximum absolute atomic E-state index is 4.52. The fourth-order valence-corrected chi connectivity index (χ4v) is 2.95. The zero-order valence-corrected chi connectivity index (χ0v) is 15.3. The lowest BCUT2D eigenvalue weighted by atomic mass is 10.3. The van der Waals surface area contributed by atoms with Crippen LogP contribution in [-0.2, 0) is 0 Å². The maximum Gasteiger partial charge on any atom is 0.134 e. The molecule has 0 fully saturated rings. The minimum Gasteiger partial charge on any atom is -0.309 e. The van der Waals surface area contributed by atoms with Crippen LogP contribution in [0.5, 0.6) is 0 Å². The highest BCUT2D eigenvalue weighted by Gasteiger charge is 2.16. The first-order valence-electron chi connectivity index (χ1n) is 9.11. The number of pyridine rings is 4. The highest BCUT2D eigenvalue weighted by Crippen LogP contribution is 2.24. The van der Waals surface area contributed by atoms with Gasteiger partial charge in [0.1, 0.15) is 23.3 Å². The molecule has 0 bridgehead atoms. The minimum atomic E-state index is 0.668. The van der Waals surface area contributed by atoms with Gasteiger partial charge in [-0.25, -0.2) is 19.9 Å². The minimum absolute atomic E-state index is 0.668. The number of anilines is 4. The number of hydrogen-bond acceptors (Lipinski definition) is 6. The second-order valence-corrected chi connectivity index (χ2v) is 6.06. The average molecular weight is 368 g/mol. The Balaban J connectivity index is 1.64. The van der Waals surface area contributed by atoms with E-state index in [1.165, 1.54) is 0 Å². The van der Waals surface area contributed by atoms with Crippen molar-refractivity contribution in [1.82, 2.24) is 19.9 Å². The van der Waals surface area contributed by atoms with Gasteiger partial charge >= 0.3 is 0 Å². The highest BCUT2D eigenvalue weighted by atomic mass is 15.3. The largest absolute Gasteiger partial charge is 0.309 e. The summed E-state index contributed by atoms with van der Waals surface area (Å²) in [5, 5.41) is 0. The lowest BCUT2D eigenvalue weighted by Crippen LogP contribution is -2.31. The van der Waals surface area contributed by atoms with E-state index in [4.69, 9.17) is 0 Å². The third-order valence-electron chi connectivity index (χ3n) is 4.25. The Hall–Kier alpha value is -3.80. The Kier molecular flexibility index (Phi) is 5.49. The van der Waals surface area contributed by atoms with Crippen molar-refractivity contribution >= 4 is 23.3 Å². The molecule has 4 heterocycles. The first-order valence-corrected chi connectivity index (χ1v) is 9.11. The molecule has 6 nitrogen and oxygen atoms in total. The number of rotatable bonds is 7. The predicted molar refractivity (Wildman–Crippen MR) is 111 cm³/mol. The van der Waals surface area contributed by atoms with Crippen molar-refractivity contribution in [3.63, 3.8) is 0 Å². The van der Waals surface area contributed by atoms with Gasteiger partial charge < -0.3 is 9.80 Å². The zero-order chi connectivity index (χ0) is 19.0. The van der Waals surface area contributed by atoms with E-state index >= 15 is 0 Å². The van der Waals surface area contributed by atoms with Crippen LogP contribution in [0.2, 0.25) is 0 Å². The van der Waals surface area contributed by atoms with Gasteiger partial charge in [-0.05, 0) is 48.5 Å². The van der Waals surface area contributed by atoms with E-state index in [-0.39, 0.29) is 0 Å². The lowest BCUT2D eigenvalue weighted by Gasteiger charge is -2.28. The van der Waals surface area contributed by atoms with Gasteiger partial charge in [0.25, 0.3) is 0 Å². The molecule has 0 saturated carbocycles. The summed E-state index contributed by atoms with van der Waals surface area (Å²) in [5.41, 5.74) is 0. The molecule has 28 heavy (non-hydrogen) atoms. The van der Waals surface area contributed by atoms with Crippen LogP contribution in [-0.4, -0.2) is 33.0 Å². The molecule has 0 aliphatic rings. The van der Waals surface area contributed by atoms with Gasteiger partial charge in [0.05, 0.1) is 0 Å². The van der Waals surface area contributed by atoms with E-state index < -0.39 is 0 Å².